The van der Waals surface area contributed by atoms with Crippen LogP contribution in [0.25, 0.3) is 11.6 Å². The van der Waals surface area contributed by atoms with Crippen LogP contribution in [0.5, 0.6) is 0 Å². The first-order chi connectivity index (χ1) is 13.2. The minimum Gasteiger partial charge on any atom is -0.0737 e. The molecule has 0 bridgehead atoms. The maximum atomic E-state index is 2.58. The number of benzene rings is 1. The zero-order valence-corrected chi connectivity index (χ0v) is 17.2. The molecule has 1 unspecified atom stereocenters. The van der Waals surface area contributed by atoms with Crippen LogP contribution < -0.4 is 0 Å². The lowest BCUT2D eigenvalue weighted by Gasteiger charge is -2.28. The standard InChI is InChI=1S/C27H34/c1-18-13-22(20-9-5-3-6-10-20)15-26-24(18)17-25-19(2)14-23(16-27(25)26)21-11-7-4-8-12-21/h13-18,20-21H,3-12H2,1-2H3. The molecule has 1 aromatic rings. The maximum absolute atomic E-state index is 2.58. The van der Waals surface area contributed by atoms with Crippen molar-refractivity contribution in [2.45, 2.75) is 84.0 Å². The molecule has 0 N–H and O–H groups in total. The lowest BCUT2D eigenvalue weighted by Crippen LogP contribution is -2.13. The summed E-state index contributed by atoms with van der Waals surface area (Å²) in [4.78, 5) is 0. The van der Waals surface area contributed by atoms with Crippen LogP contribution in [-0.2, 0) is 0 Å². The predicted molar refractivity (Wildman–Crippen MR) is 117 cm³/mol. The Bertz CT molecular complexity index is 820. The van der Waals surface area contributed by atoms with E-state index < -0.39 is 0 Å². The molecule has 0 nitrogen and oxygen atoms in total. The van der Waals surface area contributed by atoms with Crippen molar-refractivity contribution in [1.82, 2.24) is 0 Å². The second-order valence-corrected chi connectivity index (χ2v) is 9.58. The molecule has 0 saturated heterocycles. The van der Waals surface area contributed by atoms with E-state index in [1.54, 1.807) is 27.8 Å². The summed E-state index contributed by atoms with van der Waals surface area (Å²) in [7, 11) is 0. The van der Waals surface area contributed by atoms with Crippen molar-refractivity contribution < 1.29 is 0 Å². The number of allylic oxidation sites excluding steroid dienone is 5. The smallest absolute Gasteiger partial charge is 0.000187 e. The normalized spacial score (nSPS) is 26.1. The molecular weight excluding hydrogens is 324 g/mol. The van der Waals surface area contributed by atoms with Gasteiger partial charge in [0.2, 0.25) is 0 Å². The van der Waals surface area contributed by atoms with Crippen LogP contribution in [0.1, 0.15) is 99.3 Å². The molecule has 142 valence electrons. The highest BCUT2D eigenvalue weighted by molar-refractivity contribution is 5.98. The number of rotatable bonds is 2. The SMILES string of the molecule is Cc1cc(C2CCCCC2)cc2c1C=C1C2=CC(C2CCCCC2)=CC1C. The first kappa shape index (κ1) is 17.5. The van der Waals surface area contributed by atoms with E-state index in [-0.39, 0.29) is 0 Å². The van der Waals surface area contributed by atoms with Crippen LogP contribution in [0, 0.1) is 18.8 Å². The summed E-state index contributed by atoms with van der Waals surface area (Å²) >= 11 is 0. The van der Waals surface area contributed by atoms with E-state index >= 15 is 0 Å². The maximum Gasteiger partial charge on any atom is 0.000187 e. The highest BCUT2D eigenvalue weighted by Crippen LogP contribution is 2.48. The Morgan fingerprint density at radius 3 is 2.15 bits per heavy atom. The zero-order valence-electron chi connectivity index (χ0n) is 17.2. The van der Waals surface area contributed by atoms with Crippen LogP contribution in [0.2, 0.25) is 0 Å². The third-order valence-corrected chi connectivity index (χ3v) is 7.71. The Balaban J connectivity index is 1.53. The molecule has 4 aliphatic carbocycles. The summed E-state index contributed by atoms with van der Waals surface area (Å²) in [6.45, 7) is 4.74. The zero-order chi connectivity index (χ0) is 18.4. The average Bonchev–Trinajstić information content (AvgIpc) is 3.09. The van der Waals surface area contributed by atoms with Gasteiger partial charge in [-0.3, -0.25) is 0 Å². The van der Waals surface area contributed by atoms with Gasteiger partial charge in [0, 0.05) is 5.92 Å². The topological polar surface area (TPSA) is 0 Å². The monoisotopic (exact) mass is 358 g/mol. The molecule has 0 amide bonds. The van der Waals surface area contributed by atoms with E-state index in [0.29, 0.717) is 5.92 Å². The van der Waals surface area contributed by atoms with E-state index in [1.165, 1.54) is 75.3 Å². The number of fused-ring (bicyclic) bond motifs is 3. The van der Waals surface area contributed by atoms with Crippen molar-refractivity contribution in [3.8, 4) is 0 Å². The Labute approximate surface area is 165 Å². The molecule has 2 fully saturated rings. The Hall–Kier alpha value is -1.56. The van der Waals surface area contributed by atoms with E-state index in [9.17, 15) is 0 Å². The van der Waals surface area contributed by atoms with Crippen LogP contribution in [0.15, 0.2) is 35.4 Å². The summed E-state index contributed by atoms with van der Waals surface area (Å²) < 4.78 is 0. The molecule has 0 radical (unpaired) electrons. The van der Waals surface area contributed by atoms with Gasteiger partial charge in [0.05, 0.1) is 0 Å². The highest BCUT2D eigenvalue weighted by atomic mass is 14.3. The van der Waals surface area contributed by atoms with Gasteiger partial charge in [-0.15, -0.1) is 0 Å². The average molecular weight is 359 g/mol. The lowest BCUT2D eigenvalue weighted by molar-refractivity contribution is 0.406. The predicted octanol–water partition coefficient (Wildman–Crippen LogP) is 7.98. The van der Waals surface area contributed by atoms with Gasteiger partial charge in [-0.25, -0.2) is 0 Å². The molecule has 0 heteroatoms. The lowest BCUT2D eigenvalue weighted by atomic mass is 9.76. The third-order valence-electron chi connectivity index (χ3n) is 7.71. The number of aryl methyl sites for hydroxylation is 1. The van der Waals surface area contributed by atoms with Gasteiger partial charge in [0.15, 0.2) is 0 Å². The highest BCUT2D eigenvalue weighted by Gasteiger charge is 2.30. The summed E-state index contributed by atoms with van der Waals surface area (Å²) in [5.41, 5.74) is 10.9. The molecule has 0 heterocycles. The van der Waals surface area contributed by atoms with Crippen LogP contribution in [0.3, 0.4) is 0 Å². The number of hydrogen-bond acceptors (Lipinski definition) is 0. The van der Waals surface area contributed by atoms with Gasteiger partial charge in [-0.05, 0) is 89.5 Å². The van der Waals surface area contributed by atoms with Crippen molar-refractivity contribution >= 4 is 11.6 Å². The van der Waals surface area contributed by atoms with Gasteiger partial charge in [0.25, 0.3) is 0 Å². The van der Waals surface area contributed by atoms with Crippen molar-refractivity contribution in [3.63, 3.8) is 0 Å². The molecule has 0 aromatic heterocycles. The summed E-state index contributed by atoms with van der Waals surface area (Å²) in [5.74, 6) is 2.16. The molecule has 0 aliphatic heterocycles. The Morgan fingerprint density at radius 1 is 0.778 bits per heavy atom. The quantitative estimate of drug-likeness (QED) is 0.502. The molecule has 2 saturated carbocycles. The van der Waals surface area contributed by atoms with Gasteiger partial charge in [-0.2, -0.15) is 0 Å². The van der Waals surface area contributed by atoms with Crippen molar-refractivity contribution in [2.75, 3.05) is 0 Å². The molecule has 0 spiro atoms. The van der Waals surface area contributed by atoms with Crippen molar-refractivity contribution in [1.29, 1.82) is 0 Å². The molecule has 1 atom stereocenters. The first-order valence-corrected chi connectivity index (χ1v) is 11.5. The van der Waals surface area contributed by atoms with Crippen LogP contribution in [-0.4, -0.2) is 0 Å². The van der Waals surface area contributed by atoms with E-state index in [0.717, 1.165) is 11.8 Å². The van der Waals surface area contributed by atoms with Crippen LogP contribution >= 0.6 is 0 Å². The molecule has 27 heavy (non-hydrogen) atoms. The fourth-order valence-corrected chi connectivity index (χ4v) is 6.12. The largest absolute Gasteiger partial charge is 0.0737 e. The van der Waals surface area contributed by atoms with E-state index in [2.05, 4.69) is 44.2 Å². The van der Waals surface area contributed by atoms with Gasteiger partial charge in [-0.1, -0.05) is 69.7 Å². The second-order valence-electron chi connectivity index (χ2n) is 9.58. The Kier molecular flexibility index (Phi) is 4.62. The van der Waals surface area contributed by atoms with Gasteiger partial charge < -0.3 is 0 Å². The summed E-state index contributed by atoms with van der Waals surface area (Å²) in [6, 6.07) is 5.08. The molecular formula is C27H34. The van der Waals surface area contributed by atoms with Crippen molar-refractivity contribution in [3.05, 3.63) is 57.7 Å². The second kappa shape index (κ2) is 7.12. The number of hydrogen-bond donors (Lipinski definition) is 0. The molecule has 5 rings (SSSR count). The first-order valence-electron chi connectivity index (χ1n) is 11.5. The Morgan fingerprint density at radius 2 is 1.44 bits per heavy atom. The van der Waals surface area contributed by atoms with Gasteiger partial charge in [0.1, 0.15) is 0 Å². The fraction of sp³-hybridized carbons (Fsp3) is 0.556. The third kappa shape index (κ3) is 3.16. The van der Waals surface area contributed by atoms with Crippen molar-refractivity contribution in [2.24, 2.45) is 11.8 Å². The fourth-order valence-electron chi connectivity index (χ4n) is 6.12. The summed E-state index contributed by atoms with van der Waals surface area (Å²) in [5, 5.41) is 0. The van der Waals surface area contributed by atoms with Crippen LogP contribution in [0.4, 0.5) is 0 Å². The van der Waals surface area contributed by atoms with E-state index in [1.807, 2.05) is 0 Å². The van der Waals surface area contributed by atoms with E-state index in [4.69, 9.17) is 0 Å². The molecule has 4 aliphatic rings. The minimum absolute atomic E-state index is 0.562. The van der Waals surface area contributed by atoms with Gasteiger partial charge >= 0.3 is 0 Å². The molecule has 1 aromatic carbocycles. The minimum atomic E-state index is 0.562. The summed E-state index contributed by atoms with van der Waals surface area (Å²) in [6.07, 6.45) is 21.8.